The second-order valence-electron chi connectivity index (χ2n) is 7.06. The molecule has 0 bridgehead atoms. The maximum Gasteiger partial charge on any atom is 0.325 e. The number of imide groups is 1. The van der Waals surface area contributed by atoms with Crippen LogP contribution in [0.1, 0.15) is 24.9 Å². The predicted octanol–water partition coefficient (Wildman–Crippen LogP) is 2.44. The number of thioether (sulfide) groups is 1. The number of carbonyl (C=O) groups is 3. The van der Waals surface area contributed by atoms with E-state index >= 15 is 0 Å². The summed E-state index contributed by atoms with van der Waals surface area (Å²) in [5.74, 6) is 0.777. The number of hydrogen-bond donors (Lipinski definition) is 2. The van der Waals surface area contributed by atoms with E-state index in [4.69, 9.17) is 0 Å². The molecule has 2 saturated heterocycles. The van der Waals surface area contributed by atoms with Gasteiger partial charge in [-0.05, 0) is 35.4 Å². The third-order valence-electron chi connectivity index (χ3n) is 5.24. The van der Waals surface area contributed by atoms with E-state index < -0.39 is 11.6 Å². The Hall–Kier alpha value is -2.54. The molecule has 4 rings (SSSR count). The summed E-state index contributed by atoms with van der Waals surface area (Å²) in [6, 6.07) is 13.2. The summed E-state index contributed by atoms with van der Waals surface area (Å²) in [4.78, 5) is 38.4. The van der Waals surface area contributed by atoms with E-state index in [-0.39, 0.29) is 24.4 Å². The Bertz CT molecular complexity index is 918. The Balaban J connectivity index is 1.46. The molecule has 140 valence electrons. The summed E-state index contributed by atoms with van der Waals surface area (Å²) in [6.45, 7) is 1.65. The van der Waals surface area contributed by atoms with Gasteiger partial charge in [-0.15, -0.1) is 0 Å². The van der Waals surface area contributed by atoms with Gasteiger partial charge in [-0.1, -0.05) is 42.5 Å². The number of fused-ring (bicyclic) bond motifs is 1. The zero-order chi connectivity index (χ0) is 19.0. The van der Waals surface area contributed by atoms with Crippen molar-refractivity contribution in [2.24, 2.45) is 0 Å². The molecular formula is C20H21N3O3S. The molecule has 2 aromatic rings. The van der Waals surface area contributed by atoms with Crippen molar-refractivity contribution in [1.29, 1.82) is 0 Å². The second kappa shape index (κ2) is 6.88. The summed E-state index contributed by atoms with van der Waals surface area (Å²) in [6.07, 6.45) is 0.618. The summed E-state index contributed by atoms with van der Waals surface area (Å²) >= 11 is 1.64. The van der Waals surface area contributed by atoms with E-state index in [0.717, 1.165) is 27.0 Å². The second-order valence-corrected chi connectivity index (χ2v) is 8.17. The minimum atomic E-state index is -0.816. The smallest absolute Gasteiger partial charge is 0.325 e. The van der Waals surface area contributed by atoms with Crippen molar-refractivity contribution in [3.8, 4) is 0 Å². The van der Waals surface area contributed by atoms with Crippen molar-refractivity contribution in [3.05, 3.63) is 48.0 Å². The van der Waals surface area contributed by atoms with E-state index in [2.05, 4.69) is 10.6 Å². The number of nitrogens with one attached hydrogen (secondary N) is 2. The Labute approximate surface area is 161 Å². The molecule has 2 aliphatic heterocycles. The Kier molecular flexibility index (Phi) is 4.55. The fourth-order valence-corrected chi connectivity index (χ4v) is 5.11. The van der Waals surface area contributed by atoms with Gasteiger partial charge in [-0.3, -0.25) is 14.5 Å². The highest BCUT2D eigenvalue weighted by atomic mass is 32.2. The molecule has 2 fully saturated rings. The average Bonchev–Trinajstić information content (AvgIpc) is 3.22. The fraction of sp³-hybridized carbons (Fsp3) is 0.350. The number of carbonyl (C=O) groups excluding carboxylic acids is 3. The molecule has 2 aliphatic rings. The minimum absolute atomic E-state index is 0.236. The van der Waals surface area contributed by atoms with Crippen molar-refractivity contribution in [1.82, 2.24) is 15.5 Å². The summed E-state index contributed by atoms with van der Waals surface area (Å²) in [5, 5.41) is 7.87. The lowest BCUT2D eigenvalue weighted by molar-refractivity contribution is -0.134. The Morgan fingerprint density at radius 2 is 2.04 bits per heavy atom. The molecule has 2 unspecified atom stereocenters. The van der Waals surface area contributed by atoms with Crippen LogP contribution < -0.4 is 10.6 Å². The van der Waals surface area contributed by atoms with Crippen LogP contribution in [0.4, 0.5) is 4.79 Å². The number of nitrogens with zero attached hydrogens (tertiary/aromatic N) is 1. The first kappa shape index (κ1) is 17.9. The number of urea groups is 1. The first-order valence-corrected chi connectivity index (χ1v) is 10.1. The lowest BCUT2D eigenvalue weighted by Gasteiger charge is -2.20. The van der Waals surface area contributed by atoms with Gasteiger partial charge in [0.1, 0.15) is 12.1 Å². The molecule has 0 radical (unpaired) electrons. The van der Waals surface area contributed by atoms with E-state index in [0.29, 0.717) is 12.2 Å². The quantitative estimate of drug-likeness (QED) is 0.795. The molecule has 2 aromatic carbocycles. The van der Waals surface area contributed by atoms with Crippen molar-refractivity contribution in [3.63, 3.8) is 0 Å². The molecule has 4 amide bonds. The van der Waals surface area contributed by atoms with Crippen LogP contribution in [0.2, 0.25) is 0 Å². The molecule has 7 heteroatoms. The molecule has 2 N–H and O–H groups in total. The Morgan fingerprint density at radius 3 is 2.81 bits per heavy atom. The molecule has 2 heterocycles. The standard InChI is InChI=1S/C20H21N3O3S/c1-13(15-8-4-6-14-5-2-3-7-16(14)15)21-17(24)11-23-18(25)20(22-19(23)26)9-10-27-12-20/h2-8,13H,9-12H2,1H3,(H,21,24)(H,22,26). The summed E-state index contributed by atoms with van der Waals surface area (Å²) < 4.78 is 0. The van der Waals surface area contributed by atoms with E-state index in [1.807, 2.05) is 49.4 Å². The van der Waals surface area contributed by atoms with Crippen LogP contribution in [-0.2, 0) is 9.59 Å². The van der Waals surface area contributed by atoms with Gasteiger partial charge in [-0.2, -0.15) is 11.8 Å². The van der Waals surface area contributed by atoms with Crippen LogP contribution in [0.25, 0.3) is 10.8 Å². The largest absolute Gasteiger partial charge is 0.348 e. The number of rotatable bonds is 4. The van der Waals surface area contributed by atoms with Crippen molar-refractivity contribution in [2.45, 2.75) is 24.9 Å². The highest BCUT2D eigenvalue weighted by Gasteiger charge is 2.53. The monoisotopic (exact) mass is 383 g/mol. The number of amides is 4. The van der Waals surface area contributed by atoms with E-state index in [1.54, 1.807) is 11.8 Å². The van der Waals surface area contributed by atoms with Gasteiger partial charge < -0.3 is 10.6 Å². The van der Waals surface area contributed by atoms with Gasteiger partial charge in [0.25, 0.3) is 5.91 Å². The van der Waals surface area contributed by atoms with Crippen LogP contribution in [0.3, 0.4) is 0 Å². The topological polar surface area (TPSA) is 78.5 Å². The van der Waals surface area contributed by atoms with Gasteiger partial charge in [0.2, 0.25) is 5.91 Å². The minimum Gasteiger partial charge on any atom is -0.348 e. The van der Waals surface area contributed by atoms with Gasteiger partial charge in [-0.25, -0.2) is 4.79 Å². The van der Waals surface area contributed by atoms with Crippen molar-refractivity contribution >= 4 is 40.4 Å². The lowest BCUT2D eigenvalue weighted by Crippen LogP contribution is -2.47. The predicted molar refractivity (Wildman–Crippen MR) is 105 cm³/mol. The van der Waals surface area contributed by atoms with Gasteiger partial charge in [0.15, 0.2) is 0 Å². The van der Waals surface area contributed by atoms with Gasteiger partial charge >= 0.3 is 6.03 Å². The first-order valence-electron chi connectivity index (χ1n) is 8.99. The summed E-state index contributed by atoms with van der Waals surface area (Å²) in [7, 11) is 0. The highest BCUT2D eigenvalue weighted by molar-refractivity contribution is 7.99. The molecule has 6 nitrogen and oxygen atoms in total. The molecule has 0 aliphatic carbocycles. The summed E-state index contributed by atoms with van der Waals surface area (Å²) in [5.41, 5.74) is 0.186. The van der Waals surface area contributed by atoms with Gasteiger partial charge in [0, 0.05) is 5.75 Å². The lowest BCUT2D eigenvalue weighted by atomic mass is 9.99. The van der Waals surface area contributed by atoms with E-state index in [9.17, 15) is 14.4 Å². The van der Waals surface area contributed by atoms with Crippen molar-refractivity contribution in [2.75, 3.05) is 18.1 Å². The molecule has 0 saturated carbocycles. The molecule has 27 heavy (non-hydrogen) atoms. The average molecular weight is 383 g/mol. The van der Waals surface area contributed by atoms with Crippen LogP contribution in [0, 0.1) is 0 Å². The highest BCUT2D eigenvalue weighted by Crippen LogP contribution is 2.33. The SMILES string of the molecule is CC(NC(=O)CN1C(=O)NC2(CCSC2)C1=O)c1cccc2ccccc12. The number of hydrogen-bond acceptors (Lipinski definition) is 4. The molecule has 1 spiro atoms. The molecular weight excluding hydrogens is 362 g/mol. The normalized spacial score (nSPS) is 23.1. The van der Waals surface area contributed by atoms with E-state index in [1.165, 1.54) is 0 Å². The third kappa shape index (κ3) is 3.16. The van der Waals surface area contributed by atoms with Crippen LogP contribution in [-0.4, -0.2) is 46.3 Å². The zero-order valence-corrected chi connectivity index (χ0v) is 15.8. The van der Waals surface area contributed by atoms with Crippen LogP contribution in [0.15, 0.2) is 42.5 Å². The van der Waals surface area contributed by atoms with Crippen molar-refractivity contribution < 1.29 is 14.4 Å². The zero-order valence-electron chi connectivity index (χ0n) is 15.0. The number of benzene rings is 2. The maximum atomic E-state index is 12.7. The Morgan fingerprint density at radius 1 is 1.26 bits per heavy atom. The van der Waals surface area contributed by atoms with Crippen LogP contribution in [0.5, 0.6) is 0 Å². The van der Waals surface area contributed by atoms with Crippen LogP contribution >= 0.6 is 11.8 Å². The molecule has 0 aromatic heterocycles. The van der Waals surface area contributed by atoms with Gasteiger partial charge in [0.05, 0.1) is 6.04 Å². The fourth-order valence-electron chi connectivity index (χ4n) is 3.79. The third-order valence-corrected chi connectivity index (χ3v) is 6.43. The maximum absolute atomic E-state index is 12.7. The first-order chi connectivity index (χ1) is 13.0. The molecule has 2 atom stereocenters.